The van der Waals surface area contributed by atoms with Crippen LogP contribution in [0.2, 0.25) is 0 Å². The molecule has 2 fully saturated rings. The van der Waals surface area contributed by atoms with Crippen molar-refractivity contribution >= 4 is 22.7 Å². The second-order valence-corrected chi connectivity index (χ2v) is 7.17. The quantitative estimate of drug-likeness (QED) is 0.685. The smallest absolute Gasteiger partial charge is 0.218 e. The second kappa shape index (κ2) is 6.33. The van der Waals surface area contributed by atoms with Crippen molar-refractivity contribution in [3.8, 4) is 5.88 Å². The number of aromatic nitrogens is 6. The molecule has 0 N–H and O–H groups in total. The summed E-state index contributed by atoms with van der Waals surface area (Å²) in [7, 11) is 3.54. The van der Waals surface area contributed by atoms with Crippen LogP contribution in [-0.2, 0) is 7.05 Å². The monoisotopic (exact) mass is 366 g/mol. The normalized spacial score (nSPS) is 22.3. The summed E-state index contributed by atoms with van der Waals surface area (Å²) in [5.41, 5.74) is 0.872. The van der Waals surface area contributed by atoms with Crippen molar-refractivity contribution in [3.05, 3.63) is 24.9 Å². The molecule has 3 aromatic heterocycles. The highest BCUT2D eigenvalue weighted by atomic mass is 16.5. The predicted molar refractivity (Wildman–Crippen MR) is 101 cm³/mol. The highest BCUT2D eigenvalue weighted by Crippen LogP contribution is 2.37. The van der Waals surface area contributed by atoms with Crippen LogP contribution in [0.1, 0.15) is 12.8 Å². The molecule has 2 unspecified atom stereocenters. The molecule has 27 heavy (non-hydrogen) atoms. The van der Waals surface area contributed by atoms with Gasteiger partial charge in [-0.1, -0.05) is 0 Å². The summed E-state index contributed by atoms with van der Waals surface area (Å²) in [5.74, 6) is 3.18. The molecular weight excluding hydrogens is 344 g/mol. The summed E-state index contributed by atoms with van der Waals surface area (Å²) in [6.45, 7) is 2.93. The van der Waals surface area contributed by atoms with Crippen molar-refractivity contribution in [3.63, 3.8) is 0 Å². The molecule has 0 aliphatic carbocycles. The van der Waals surface area contributed by atoms with Gasteiger partial charge in [0.2, 0.25) is 5.88 Å². The van der Waals surface area contributed by atoms with Gasteiger partial charge in [-0.05, 0) is 18.8 Å². The Morgan fingerprint density at radius 2 is 1.93 bits per heavy atom. The number of rotatable bonds is 3. The zero-order valence-electron chi connectivity index (χ0n) is 15.5. The molecular formula is C18H22N8O. The molecule has 2 aliphatic rings. The number of piperidine rings is 1. The summed E-state index contributed by atoms with van der Waals surface area (Å²) in [6.07, 6.45) is 7.42. The molecule has 9 nitrogen and oxygen atoms in total. The number of anilines is 2. The first-order valence-electron chi connectivity index (χ1n) is 9.25. The van der Waals surface area contributed by atoms with E-state index in [4.69, 9.17) is 4.74 Å². The van der Waals surface area contributed by atoms with Gasteiger partial charge in [0.05, 0.1) is 24.7 Å². The Morgan fingerprint density at radius 1 is 1.07 bits per heavy atom. The van der Waals surface area contributed by atoms with Crippen LogP contribution in [-0.4, -0.2) is 62.5 Å². The van der Waals surface area contributed by atoms with E-state index in [0.717, 1.165) is 48.7 Å². The zero-order chi connectivity index (χ0) is 18.4. The SMILES string of the molecule is COc1cc(N2CCC3CCN(c4ncnc5c4cnn5C)C3C2)ncn1. The average Bonchev–Trinajstić information content (AvgIpc) is 3.31. The molecule has 2 atom stereocenters. The van der Waals surface area contributed by atoms with E-state index in [9.17, 15) is 0 Å². The first-order chi connectivity index (χ1) is 13.2. The van der Waals surface area contributed by atoms with Crippen molar-refractivity contribution in [1.29, 1.82) is 0 Å². The Balaban J connectivity index is 1.46. The molecule has 3 aromatic rings. The van der Waals surface area contributed by atoms with Gasteiger partial charge < -0.3 is 14.5 Å². The first-order valence-corrected chi connectivity index (χ1v) is 9.25. The maximum Gasteiger partial charge on any atom is 0.218 e. The lowest BCUT2D eigenvalue weighted by atomic mass is 9.92. The highest BCUT2D eigenvalue weighted by Gasteiger charge is 2.40. The minimum Gasteiger partial charge on any atom is -0.481 e. The number of ether oxygens (including phenoxy) is 1. The molecule has 0 aromatic carbocycles. The van der Waals surface area contributed by atoms with Gasteiger partial charge in [0.15, 0.2) is 5.65 Å². The van der Waals surface area contributed by atoms with Crippen LogP contribution in [0.5, 0.6) is 5.88 Å². The summed E-state index contributed by atoms with van der Waals surface area (Å²) >= 11 is 0. The third-order valence-electron chi connectivity index (χ3n) is 5.80. The van der Waals surface area contributed by atoms with Crippen LogP contribution in [0.15, 0.2) is 24.9 Å². The Morgan fingerprint density at radius 3 is 2.81 bits per heavy atom. The van der Waals surface area contributed by atoms with E-state index in [1.54, 1.807) is 24.4 Å². The fraction of sp³-hybridized carbons (Fsp3) is 0.500. The highest BCUT2D eigenvalue weighted by molar-refractivity contribution is 5.87. The standard InChI is InChI=1S/C18H22N8O/c1-24-17-13(8-23-24)18(22-11-21-17)26-6-4-12-3-5-25(9-14(12)26)15-7-16(27-2)20-10-19-15/h7-8,10-12,14H,3-6,9H2,1-2H3. The van der Waals surface area contributed by atoms with Gasteiger partial charge in [0.1, 0.15) is 24.3 Å². The number of nitrogens with zero attached hydrogens (tertiary/aromatic N) is 8. The summed E-state index contributed by atoms with van der Waals surface area (Å²) in [6, 6.07) is 2.31. The van der Waals surface area contributed by atoms with Crippen molar-refractivity contribution in [2.75, 3.05) is 36.5 Å². The Labute approximate surface area is 157 Å². The lowest BCUT2D eigenvalue weighted by Crippen LogP contribution is -2.48. The molecule has 2 aliphatic heterocycles. The number of methoxy groups -OCH3 is 1. The maximum atomic E-state index is 5.26. The minimum atomic E-state index is 0.401. The van der Waals surface area contributed by atoms with Crippen LogP contribution in [0.25, 0.3) is 11.0 Å². The number of fused-ring (bicyclic) bond motifs is 2. The van der Waals surface area contributed by atoms with Crippen molar-refractivity contribution in [2.24, 2.45) is 13.0 Å². The van der Waals surface area contributed by atoms with Gasteiger partial charge in [-0.15, -0.1) is 0 Å². The molecule has 2 saturated heterocycles. The largest absolute Gasteiger partial charge is 0.481 e. The fourth-order valence-corrected chi connectivity index (χ4v) is 4.40. The van der Waals surface area contributed by atoms with Gasteiger partial charge in [0, 0.05) is 32.7 Å². The third-order valence-corrected chi connectivity index (χ3v) is 5.80. The van der Waals surface area contributed by atoms with Crippen LogP contribution >= 0.6 is 0 Å². The first kappa shape index (κ1) is 16.2. The number of hydrogen-bond acceptors (Lipinski definition) is 8. The predicted octanol–water partition coefficient (Wildman–Crippen LogP) is 1.27. The molecule has 5 heterocycles. The third kappa shape index (κ3) is 2.65. The molecule has 140 valence electrons. The van der Waals surface area contributed by atoms with Crippen LogP contribution in [0.4, 0.5) is 11.6 Å². The van der Waals surface area contributed by atoms with Gasteiger partial charge in [-0.3, -0.25) is 4.68 Å². The van der Waals surface area contributed by atoms with E-state index in [1.807, 2.05) is 19.3 Å². The molecule has 9 heteroatoms. The van der Waals surface area contributed by atoms with Gasteiger partial charge in [-0.2, -0.15) is 5.10 Å². The summed E-state index contributed by atoms with van der Waals surface area (Å²) in [5, 5.41) is 5.37. The molecule has 0 amide bonds. The fourth-order valence-electron chi connectivity index (χ4n) is 4.40. The Bertz CT molecular complexity index is 973. The minimum absolute atomic E-state index is 0.401. The topological polar surface area (TPSA) is 85.1 Å². The van der Waals surface area contributed by atoms with E-state index in [0.29, 0.717) is 17.8 Å². The molecule has 0 saturated carbocycles. The Hall–Kier alpha value is -2.97. The van der Waals surface area contributed by atoms with Crippen molar-refractivity contribution < 1.29 is 4.74 Å². The number of aryl methyl sites for hydroxylation is 1. The Kier molecular flexibility index (Phi) is 3.80. The molecule has 0 bridgehead atoms. The summed E-state index contributed by atoms with van der Waals surface area (Å²) < 4.78 is 7.06. The van der Waals surface area contributed by atoms with E-state index >= 15 is 0 Å². The zero-order valence-corrected chi connectivity index (χ0v) is 15.5. The summed E-state index contributed by atoms with van der Waals surface area (Å²) in [4.78, 5) is 22.3. The van der Waals surface area contributed by atoms with E-state index in [-0.39, 0.29) is 0 Å². The maximum absolute atomic E-state index is 5.26. The van der Waals surface area contributed by atoms with Crippen LogP contribution in [0.3, 0.4) is 0 Å². The number of hydrogen-bond donors (Lipinski definition) is 0. The average molecular weight is 366 g/mol. The van der Waals surface area contributed by atoms with Gasteiger partial charge in [-0.25, -0.2) is 19.9 Å². The second-order valence-electron chi connectivity index (χ2n) is 7.17. The molecule has 0 spiro atoms. The van der Waals surface area contributed by atoms with Crippen molar-refractivity contribution in [1.82, 2.24) is 29.7 Å². The van der Waals surface area contributed by atoms with E-state index in [1.165, 1.54) is 6.42 Å². The van der Waals surface area contributed by atoms with E-state index < -0.39 is 0 Å². The van der Waals surface area contributed by atoms with Gasteiger partial charge >= 0.3 is 0 Å². The lowest BCUT2D eigenvalue weighted by molar-refractivity contribution is 0.384. The molecule has 0 radical (unpaired) electrons. The van der Waals surface area contributed by atoms with Crippen LogP contribution in [0, 0.1) is 5.92 Å². The van der Waals surface area contributed by atoms with Gasteiger partial charge in [0.25, 0.3) is 0 Å². The lowest BCUT2D eigenvalue weighted by Gasteiger charge is -2.39. The van der Waals surface area contributed by atoms with Crippen molar-refractivity contribution in [2.45, 2.75) is 18.9 Å². The van der Waals surface area contributed by atoms with E-state index in [2.05, 4.69) is 34.8 Å². The molecule has 5 rings (SSSR count). The van der Waals surface area contributed by atoms with Crippen LogP contribution < -0.4 is 14.5 Å².